The zero-order valence-corrected chi connectivity index (χ0v) is 13.9. The van der Waals surface area contributed by atoms with Gasteiger partial charge in [-0.2, -0.15) is 5.10 Å². The zero-order valence-electron chi connectivity index (χ0n) is 13.9. The monoisotopic (exact) mass is 352 g/mol. The summed E-state index contributed by atoms with van der Waals surface area (Å²) in [6.07, 6.45) is 3.61. The molecule has 3 aromatic rings. The Morgan fingerprint density at radius 2 is 1.65 bits per heavy atom. The van der Waals surface area contributed by atoms with Crippen LogP contribution in [0.4, 0.5) is 4.39 Å². The minimum absolute atomic E-state index is 0.0450. The third kappa shape index (κ3) is 4.76. The lowest BCUT2D eigenvalue weighted by Gasteiger charge is -2.08. The minimum Gasteiger partial charge on any atom is -0.273 e. The smallest absolute Gasteiger partial charge is 0.269 e. The molecule has 2 amide bonds. The predicted octanol–water partition coefficient (Wildman–Crippen LogP) is 2.07. The molecule has 1 aromatic heterocycles. The van der Waals surface area contributed by atoms with Crippen molar-refractivity contribution in [1.29, 1.82) is 0 Å². The number of hydrogen-bond donors (Lipinski definition) is 2. The van der Waals surface area contributed by atoms with Crippen molar-refractivity contribution in [3.05, 3.63) is 89.5 Å². The molecule has 0 aliphatic carbocycles. The van der Waals surface area contributed by atoms with Crippen molar-refractivity contribution in [1.82, 2.24) is 20.6 Å². The summed E-state index contributed by atoms with van der Waals surface area (Å²) >= 11 is 0. The molecular formula is C19H17FN4O2. The second-order valence-electron chi connectivity index (χ2n) is 5.71. The second-order valence-corrected chi connectivity index (χ2v) is 5.71. The average molecular weight is 352 g/mol. The maximum atomic E-state index is 12.8. The van der Waals surface area contributed by atoms with E-state index >= 15 is 0 Å². The first-order valence-corrected chi connectivity index (χ1v) is 8.00. The van der Waals surface area contributed by atoms with Crippen LogP contribution in [0.3, 0.4) is 0 Å². The molecule has 0 unspecified atom stereocenters. The molecule has 2 N–H and O–H groups in total. The first kappa shape index (κ1) is 17.3. The van der Waals surface area contributed by atoms with Gasteiger partial charge < -0.3 is 0 Å². The molecule has 2 aromatic carbocycles. The van der Waals surface area contributed by atoms with Crippen LogP contribution in [0.5, 0.6) is 0 Å². The minimum atomic E-state index is -0.414. The first-order chi connectivity index (χ1) is 12.6. The molecule has 0 saturated heterocycles. The Hall–Kier alpha value is -3.48. The van der Waals surface area contributed by atoms with Gasteiger partial charge in [0.05, 0.1) is 13.0 Å². The summed E-state index contributed by atoms with van der Waals surface area (Å²) in [5, 5.41) is 4.13. The number of benzene rings is 2. The molecular weight excluding hydrogens is 335 g/mol. The Morgan fingerprint density at radius 3 is 2.31 bits per heavy atom. The highest BCUT2D eigenvalue weighted by molar-refractivity contribution is 5.95. The van der Waals surface area contributed by atoms with Crippen LogP contribution in [0.25, 0.3) is 0 Å². The Bertz CT molecular complexity index is 875. The lowest BCUT2D eigenvalue weighted by atomic mass is 10.1. The van der Waals surface area contributed by atoms with Crippen LogP contribution in [0.2, 0.25) is 0 Å². The van der Waals surface area contributed by atoms with Crippen LogP contribution in [0.15, 0.2) is 67.0 Å². The molecule has 26 heavy (non-hydrogen) atoms. The molecule has 0 atom stereocenters. The molecule has 0 aliphatic rings. The molecule has 0 bridgehead atoms. The number of carbonyl (C=O) groups excluding carboxylic acids is 2. The van der Waals surface area contributed by atoms with Crippen molar-refractivity contribution >= 4 is 11.8 Å². The van der Waals surface area contributed by atoms with E-state index < -0.39 is 5.91 Å². The molecule has 6 nitrogen and oxygen atoms in total. The molecule has 7 heteroatoms. The predicted molar refractivity (Wildman–Crippen MR) is 93.5 cm³/mol. The second kappa shape index (κ2) is 8.06. The van der Waals surface area contributed by atoms with Gasteiger partial charge in [-0.1, -0.05) is 24.3 Å². The number of hydrazine groups is 1. The lowest BCUT2D eigenvalue weighted by molar-refractivity contribution is -0.121. The quantitative estimate of drug-likeness (QED) is 0.690. The molecule has 1 heterocycles. The Kier molecular flexibility index (Phi) is 5.38. The summed E-state index contributed by atoms with van der Waals surface area (Å²) in [6, 6.07) is 14.5. The van der Waals surface area contributed by atoms with Crippen LogP contribution >= 0.6 is 0 Å². The number of nitrogens with one attached hydrogen (secondary N) is 2. The molecule has 0 aliphatic heterocycles. The van der Waals surface area contributed by atoms with Crippen molar-refractivity contribution < 1.29 is 14.0 Å². The number of halogens is 1. The zero-order chi connectivity index (χ0) is 18.4. The van der Waals surface area contributed by atoms with Gasteiger partial charge in [-0.25, -0.2) is 4.39 Å². The maximum absolute atomic E-state index is 12.8. The highest BCUT2D eigenvalue weighted by Crippen LogP contribution is 2.06. The highest BCUT2D eigenvalue weighted by Gasteiger charge is 2.08. The van der Waals surface area contributed by atoms with Crippen LogP contribution < -0.4 is 10.9 Å². The third-order valence-electron chi connectivity index (χ3n) is 3.71. The summed E-state index contributed by atoms with van der Waals surface area (Å²) in [7, 11) is 0. The van der Waals surface area contributed by atoms with Crippen molar-refractivity contribution in [2.75, 3.05) is 0 Å². The van der Waals surface area contributed by atoms with Crippen molar-refractivity contribution in [2.45, 2.75) is 13.0 Å². The van der Waals surface area contributed by atoms with E-state index in [1.54, 1.807) is 23.0 Å². The summed E-state index contributed by atoms with van der Waals surface area (Å²) in [4.78, 5) is 23.9. The van der Waals surface area contributed by atoms with Crippen LogP contribution in [-0.4, -0.2) is 21.6 Å². The van der Waals surface area contributed by atoms with Gasteiger partial charge in [-0.05, 0) is 41.5 Å². The van der Waals surface area contributed by atoms with Crippen LogP contribution in [0, 0.1) is 5.82 Å². The molecule has 132 valence electrons. The van der Waals surface area contributed by atoms with Gasteiger partial charge in [0, 0.05) is 18.0 Å². The Morgan fingerprint density at radius 1 is 0.962 bits per heavy atom. The Labute approximate surface area is 149 Å². The lowest BCUT2D eigenvalue weighted by Crippen LogP contribution is -2.42. The third-order valence-corrected chi connectivity index (χ3v) is 3.71. The molecule has 0 fully saturated rings. The standard InChI is InChI=1S/C19H17FN4O2/c20-17-8-4-14(5-9-17)12-18(25)22-23-19(26)16-6-2-15(3-7-16)13-24-11-1-10-21-24/h1-11H,12-13H2,(H,22,25)(H,23,26). The van der Waals surface area contributed by atoms with Gasteiger partial charge >= 0.3 is 0 Å². The normalized spacial score (nSPS) is 10.3. The van der Waals surface area contributed by atoms with Gasteiger partial charge in [0.2, 0.25) is 5.91 Å². The SMILES string of the molecule is O=C(Cc1ccc(F)cc1)NNC(=O)c1ccc(Cn2cccn2)cc1. The number of nitrogens with zero attached hydrogens (tertiary/aromatic N) is 2. The van der Waals surface area contributed by atoms with Crippen LogP contribution in [0.1, 0.15) is 21.5 Å². The number of carbonyl (C=O) groups is 2. The Balaban J connectivity index is 1.49. The molecule has 3 rings (SSSR count). The number of hydrogen-bond acceptors (Lipinski definition) is 3. The highest BCUT2D eigenvalue weighted by atomic mass is 19.1. The number of rotatable bonds is 5. The topological polar surface area (TPSA) is 76.0 Å². The summed E-state index contributed by atoms with van der Waals surface area (Å²) in [5.74, 6) is -1.16. The van der Waals surface area contributed by atoms with Gasteiger partial charge in [-0.3, -0.25) is 25.1 Å². The largest absolute Gasteiger partial charge is 0.273 e. The summed E-state index contributed by atoms with van der Waals surface area (Å²) in [5.41, 5.74) is 6.80. The maximum Gasteiger partial charge on any atom is 0.269 e. The fourth-order valence-corrected chi connectivity index (χ4v) is 2.37. The van der Waals surface area contributed by atoms with Crippen molar-refractivity contribution in [3.63, 3.8) is 0 Å². The fraction of sp³-hybridized carbons (Fsp3) is 0.105. The van der Waals surface area contributed by atoms with E-state index in [-0.39, 0.29) is 18.1 Å². The molecule has 0 spiro atoms. The number of aromatic nitrogens is 2. The molecule has 0 radical (unpaired) electrons. The average Bonchev–Trinajstić information content (AvgIpc) is 3.15. The van der Waals surface area contributed by atoms with E-state index in [0.717, 1.165) is 5.56 Å². The van der Waals surface area contributed by atoms with Crippen LogP contribution in [-0.2, 0) is 17.8 Å². The van der Waals surface area contributed by atoms with E-state index in [0.29, 0.717) is 17.7 Å². The van der Waals surface area contributed by atoms with E-state index in [4.69, 9.17) is 0 Å². The van der Waals surface area contributed by atoms with Gasteiger partial charge in [0.1, 0.15) is 5.82 Å². The van der Waals surface area contributed by atoms with E-state index in [1.165, 1.54) is 24.3 Å². The first-order valence-electron chi connectivity index (χ1n) is 8.00. The van der Waals surface area contributed by atoms with Crippen molar-refractivity contribution in [2.24, 2.45) is 0 Å². The fourth-order valence-electron chi connectivity index (χ4n) is 2.37. The van der Waals surface area contributed by atoms with E-state index in [2.05, 4.69) is 16.0 Å². The van der Waals surface area contributed by atoms with E-state index in [9.17, 15) is 14.0 Å². The summed E-state index contributed by atoms with van der Waals surface area (Å²) < 4.78 is 14.6. The molecule has 0 saturated carbocycles. The van der Waals surface area contributed by atoms with E-state index in [1.807, 2.05) is 24.4 Å². The number of amides is 2. The van der Waals surface area contributed by atoms with Crippen molar-refractivity contribution in [3.8, 4) is 0 Å². The van der Waals surface area contributed by atoms with Gasteiger partial charge in [0.15, 0.2) is 0 Å². The summed E-state index contributed by atoms with van der Waals surface area (Å²) in [6.45, 7) is 0.614. The van der Waals surface area contributed by atoms with Gasteiger partial charge in [0.25, 0.3) is 5.91 Å². The van der Waals surface area contributed by atoms with Gasteiger partial charge in [-0.15, -0.1) is 0 Å².